The second-order valence-electron chi connectivity index (χ2n) is 3.81. The fourth-order valence-corrected chi connectivity index (χ4v) is 2.79. The van der Waals surface area contributed by atoms with Crippen molar-refractivity contribution in [2.75, 3.05) is 0 Å². The molecule has 84 valence electrons. The lowest BCUT2D eigenvalue weighted by molar-refractivity contribution is 0.104. The van der Waals surface area contributed by atoms with E-state index in [1.165, 1.54) is 4.88 Å². The average Bonchev–Trinajstić information content (AvgIpc) is 2.83. The molecule has 0 aliphatic heterocycles. The molecule has 0 spiro atoms. The molecule has 0 radical (unpaired) electrons. The summed E-state index contributed by atoms with van der Waals surface area (Å²) in [5.74, 6) is 0.858. The van der Waals surface area contributed by atoms with Gasteiger partial charge in [0.2, 0.25) is 5.78 Å². The molecule has 0 aliphatic rings. The Labute approximate surface area is 98.9 Å². The molecule has 2 aromatic rings. The molecule has 2 heterocycles. The van der Waals surface area contributed by atoms with Crippen molar-refractivity contribution in [1.82, 2.24) is 0 Å². The molecule has 2 aromatic heterocycles. The minimum Gasteiger partial charge on any atom is -0.469 e. The van der Waals surface area contributed by atoms with Crippen LogP contribution in [0.3, 0.4) is 0 Å². The van der Waals surface area contributed by atoms with Crippen LogP contribution in [0.5, 0.6) is 0 Å². The van der Waals surface area contributed by atoms with E-state index in [-0.39, 0.29) is 5.78 Å². The van der Waals surface area contributed by atoms with Gasteiger partial charge in [0.25, 0.3) is 0 Å². The Morgan fingerprint density at radius 1 is 1.44 bits per heavy atom. The number of thiophene rings is 1. The first-order valence-electron chi connectivity index (χ1n) is 5.31. The zero-order valence-electron chi connectivity index (χ0n) is 9.66. The van der Waals surface area contributed by atoms with Gasteiger partial charge in [-0.2, -0.15) is 0 Å². The Bertz CT molecular complexity index is 520. The molecule has 0 saturated heterocycles. The zero-order valence-corrected chi connectivity index (χ0v) is 10.5. The number of hydrogen-bond acceptors (Lipinski definition) is 3. The molecule has 0 bridgehead atoms. The molecular weight excluding hydrogens is 220 g/mol. The Hall–Kier alpha value is -1.35. The molecule has 2 rings (SSSR count). The van der Waals surface area contributed by atoms with Crippen molar-refractivity contribution in [2.24, 2.45) is 0 Å². The summed E-state index contributed by atoms with van der Waals surface area (Å²) < 4.78 is 5.29. The van der Waals surface area contributed by atoms with E-state index in [0.717, 1.165) is 22.6 Å². The van der Waals surface area contributed by atoms with Gasteiger partial charge in [-0.05, 0) is 31.5 Å². The number of aryl methyl sites for hydroxylation is 3. The van der Waals surface area contributed by atoms with E-state index in [1.807, 2.05) is 26.8 Å². The molecule has 0 saturated carbocycles. The third-order valence-corrected chi connectivity index (χ3v) is 3.71. The minimum atomic E-state index is 0.0844. The molecule has 3 heteroatoms. The third kappa shape index (κ3) is 1.83. The van der Waals surface area contributed by atoms with Gasteiger partial charge in [-0.25, -0.2) is 0 Å². The van der Waals surface area contributed by atoms with Gasteiger partial charge in [0.05, 0.1) is 16.7 Å². The largest absolute Gasteiger partial charge is 0.469 e. The predicted octanol–water partition coefficient (Wildman–Crippen LogP) is 3.75. The summed E-state index contributed by atoms with van der Waals surface area (Å²) >= 11 is 1.55. The van der Waals surface area contributed by atoms with Crippen LogP contribution in [0.15, 0.2) is 22.8 Å². The van der Waals surface area contributed by atoms with Crippen molar-refractivity contribution in [2.45, 2.75) is 27.2 Å². The Kier molecular flexibility index (Phi) is 2.97. The molecule has 2 nitrogen and oxygen atoms in total. The fraction of sp³-hybridized carbons (Fsp3) is 0.308. The van der Waals surface area contributed by atoms with Crippen molar-refractivity contribution in [3.8, 4) is 0 Å². The van der Waals surface area contributed by atoms with E-state index in [0.29, 0.717) is 5.56 Å². The Balaban J connectivity index is 2.43. The summed E-state index contributed by atoms with van der Waals surface area (Å²) in [5.41, 5.74) is 1.75. The number of carbonyl (C=O) groups excluding carboxylic acids is 1. The minimum absolute atomic E-state index is 0.0844. The molecule has 0 unspecified atom stereocenters. The van der Waals surface area contributed by atoms with Crippen molar-refractivity contribution < 1.29 is 9.21 Å². The van der Waals surface area contributed by atoms with Crippen LogP contribution in [-0.2, 0) is 6.42 Å². The molecule has 0 amide bonds. The summed E-state index contributed by atoms with van der Waals surface area (Å²) in [5, 5.41) is 0. The normalized spacial score (nSPS) is 10.7. The van der Waals surface area contributed by atoms with Crippen LogP contribution < -0.4 is 0 Å². The molecule has 0 N–H and O–H groups in total. The molecular formula is C13H14O2S. The summed E-state index contributed by atoms with van der Waals surface area (Å²) in [6.07, 6.45) is 2.33. The first kappa shape index (κ1) is 11.1. The van der Waals surface area contributed by atoms with Gasteiger partial charge < -0.3 is 4.42 Å². The van der Waals surface area contributed by atoms with Crippen molar-refractivity contribution in [3.63, 3.8) is 0 Å². The number of rotatable bonds is 3. The smallest absolute Gasteiger partial charge is 0.206 e. The molecule has 16 heavy (non-hydrogen) atoms. The van der Waals surface area contributed by atoms with Crippen LogP contribution in [0.25, 0.3) is 0 Å². The maximum Gasteiger partial charge on any atom is 0.206 e. The second kappa shape index (κ2) is 4.26. The fourth-order valence-electron chi connectivity index (χ4n) is 1.81. The van der Waals surface area contributed by atoms with Crippen LogP contribution in [0.1, 0.15) is 38.4 Å². The van der Waals surface area contributed by atoms with Crippen molar-refractivity contribution in [1.29, 1.82) is 0 Å². The summed E-state index contributed by atoms with van der Waals surface area (Å²) in [4.78, 5) is 14.3. The van der Waals surface area contributed by atoms with Crippen LogP contribution in [-0.4, -0.2) is 5.78 Å². The average molecular weight is 234 g/mol. The van der Waals surface area contributed by atoms with Crippen molar-refractivity contribution in [3.05, 3.63) is 45.0 Å². The quantitative estimate of drug-likeness (QED) is 0.757. The van der Waals surface area contributed by atoms with Crippen LogP contribution in [0, 0.1) is 13.8 Å². The topological polar surface area (TPSA) is 30.2 Å². The number of carbonyl (C=O) groups is 1. The maximum atomic E-state index is 12.3. The Morgan fingerprint density at radius 2 is 2.19 bits per heavy atom. The molecule has 0 fully saturated rings. The Morgan fingerprint density at radius 3 is 2.75 bits per heavy atom. The highest BCUT2D eigenvalue weighted by molar-refractivity contribution is 7.14. The molecule has 0 atom stereocenters. The van der Waals surface area contributed by atoms with Gasteiger partial charge >= 0.3 is 0 Å². The van der Waals surface area contributed by atoms with Crippen LogP contribution in [0.2, 0.25) is 0 Å². The molecule has 0 aromatic carbocycles. The van der Waals surface area contributed by atoms with Gasteiger partial charge in [0.15, 0.2) is 0 Å². The van der Waals surface area contributed by atoms with E-state index in [1.54, 1.807) is 23.7 Å². The van der Waals surface area contributed by atoms with Crippen LogP contribution >= 0.6 is 11.3 Å². The van der Waals surface area contributed by atoms with Gasteiger partial charge in [0.1, 0.15) is 5.76 Å². The van der Waals surface area contributed by atoms with Gasteiger partial charge in [-0.1, -0.05) is 6.92 Å². The second-order valence-corrected chi connectivity index (χ2v) is 5.07. The zero-order chi connectivity index (χ0) is 11.7. The summed E-state index contributed by atoms with van der Waals surface area (Å²) in [6, 6.07) is 3.80. The number of furan rings is 1. The number of hydrogen-bond donors (Lipinski definition) is 0. The summed E-state index contributed by atoms with van der Waals surface area (Å²) in [6.45, 7) is 5.98. The SMILES string of the molecule is CCc1occc1C(=O)c1sc(C)cc1C. The lowest BCUT2D eigenvalue weighted by Gasteiger charge is -1.98. The van der Waals surface area contributed by atoms with Crippen molar-refractivity contribution >= 4 is 17.1 Å². The van der Waals surface area contributed by atoms with E-state index in [4.69, 9.17) is 4.42 Å². The van der Waals surface area contributed by atoms with Gasteiger partial charge in [-0.15, -0.1) is 11.3 Å². The van der Waals surface area contributed by atoms with E-state index in [2.05, 4.69) is 0 Å². The number of ketones is 1. The monoisotopic (exact) mass is 234 g/mol. The predicted molar refractivity (Wildman–Crippen MR) is 65.3 cm³/mol. The lowest BCUT2D eigenvalue weighted by atomic mass is 10.1. The van der Waals surface area contributed by atoms with Gasteiger partial charge in [-0.3, -0.25) is 4.79 Å². The van der Waals surface area contributed by atoms with E-state index >= 15 is 0 Å². The highest BCUT2D eigenvalue weighted by atomic mass is 32.1. The van der Waals surface area contributed by atoms with Crippen LogP contribution in [0.4, 0.5) is 0 Å². The highest BCUT2D eigenvalue weighted by Crippen LogP contribution is 2.25. The lowest BCUT2D eigenvalue weighted by Crippen LogP contribution is -2.01. The first-order valence-corrected chi connectivity index (χ1v) is 6.13. The maximum absolute atomic E-state index is 12.3. The van der Waals surface area contributed by atoms with Gasteiger partial charge in [0, 0.05) is 11.3 Å². The highest BCUT2D eigenvalue weighted by Gasteiger charge is 2.18. The molecule has 0 aliphatic carbocycles. The van der Waals surface area contributed by atoms with E-state index in [9.17, 15) is 4.79 Å². The van der Waals surface area contributed by atoms with E-state index < -0.39 is 0 Å². The first-order chi connectivity index (χ1) is 7.63. The third-order valence-electron chi connectivity index (χ3n) is 2.56. The standard InChI is InChI=1S/C13H14O2S/c1-4-11-10(5-6-15-11)12(14)13-8(2)7-9(3)16-13/h5-7H,4H2,1-3H3. The summed E-state index contributed by atoms with van der Waals surface area (Å²) in [7, 11) is 0.